The highest BCUT2D eigenvalue weighted by molar-refractivity contribution is 5.99. The number of rotatable bonds is 4. The Hall–Kier alpha value is -4.07. The Morgan fingerprint density at radius 1 is 0.933 bits per heavy atom. The van der Waals surface area contributed by atoms with Crippen LogP contribution in [0.15, 0.2) is 67.0 Å². The number of aromatic nitrogens is 4. The zero-order chi connectivity index (χ0) is 21.1. The standard InChI is InChI=1S/C22H20N6O2/c1-14(2)20-16(13-24-28(20)19-9-5-6-12-23-19)21(29)26-27-22(30)18-11-10-15-7-3-4-8-17(15)25-18/h3-14H,1-2H3,(H,26,29)(H,27,30). The number of para-hydroxylation sites is 1. The highest BCUT2D eigenvalue weighted by Crippen LogP contribution is 2.22. The van der Waals surface area contributed by atoms with Crippen molar-refractivity contribution in [3.05, 3.63) is 83.9 Å². The number of carbonyl (C=O) groups excluding carboxylic acids is 2. The Labute approximate surface area is 172 Å². The first-order chi connectivity index (χ1) is 14.5. The minimum atomic E-state index is -0.502. The molecule has 2 N–H and O–H groups in total. The number of hydrazine groups is 1. The first kappa shape index (κ1) is 19.3. The zero-order valence-corrected chi connectivity index (χ0v) is 16.5. The summed E-state index contributed by atoms with van der Waals surface area (Å²) in [5, 5.41) is 5.25. The summed E-state index contributed by atoms with van der Waals surface area (Å²) in [5.41, 5.74) is 6.85. The second-order valence-corrected chi connectivity index (χ2v) is 7.00. The van der Waals surface area contributed by atoms with E-state index in [1.54, 1.807) is 16.9 Å². The molecule has 0 radical (unpaired) electrons. The van der Waals surface area contributed by atoms with Crippen LogP contribution in [0.3, 0.4) is 0 Å². The van der Waals surface area contributed by atoms with Crippen molar-refractivity contribution in [1.29, 1.82) is 0 Å². The number of fused-ring (bicyclic) bond motifs is 1. The molecule has 8 heteroatoms. The Balaban J connectivity index is 1.52. The lowest BCUT2D eigenvalue weighted by atomic mass is 10.1. The van der Waals surface area contributed by atoms with E-state index < -0.39 is 11.8 Å². The van der Waals surface area contributed by atoms with Gasteiger partial charge in [0.05, 0.1) is 23.0 Å². The molecule has 150 valence electrons. The Kier molecular flexibility index (Phi) is 5.21. The predicted molar refractivity (Wildman–Crippen MR) is 112 cm³/mol. The lowest BCUT2D eigenvalue weighted by molar-refractivity contribution is 0.0843. The van der Waals surface area contributed by atoms with Crippen LogP contribution in [0.25, 0.3) is 16.7 Å². The molecule has 0 aliphatic rings. The molecule has 0 aliphatic heterocycles. The summed E-state index contributed by atoms with van der Waals surface area (Å²) in [6.45, 7) is 3.93. The van der Waals surface area contributed by atoms with Crippen LogP contribution in [0.4, 0.5) is 0 Å². The number of amides is 2. The van der Waals surface area contributed by atoms with Gasteiger partial charge in [-0.05, 0) is 30.2 Å². The van der Waals surface area contributed by atoms with Crippen molar-refractivity contribution < 1.29 is 9.59 Å². The maximum Gasteiger partial charge on any atom is 0.288 e. The number of carbonyl (C=O) groups is 2. The molecule has 8 nitrogen and oxygen atoms in total. The summed E-state index contributed by atoms with van der Waals surface area (Å²) < 4.78 is 1.63. The minimum absolute atomic E-state index is 0.00751. The van der Waals surface area contributed by atoms with Gasteiger partial charge in [-0.15, -0.1) is 0 Å². The van der Waals surface area contributed by atoms with E-state index >= 15 is 0 Å². The van der Waals surface area contributed by atoms with Crippen molar-refractivity contribution >= 4 is 22.7 Å². The van der Waals surface area contributed by atoms with Crippen LogP contribution < -0.4 is 10.9 Å². The quantitative estimate of drug-likeness (QED) is 0.513. The lowest BCUT2D eigenvalue weighted by Gasteiger charge is -2.12. The first-order valence-corrected chi connectivity index (χ1v) is 9.50. The second-order valence-electron chi connectivity index (χ2n) is 7.00. The van der Waals surface area contributed by atoms with Crippen molar-refractivity contribution in [2.45, 2.75) is 19.8 Å². The van der Waals surface area contributed by atoms with Crippen molar-refractivity contribution in [1.82, 2.24) is 30.6 Å². The SMILES string of the molecule is CC(C)c1c(C(=O)NNC(=O)c2ccc3ccccc3n2)cnn1-c1ccccn1. The molecule has 3 aromatic heterocycles. The van der Waals surface area contributed by atoms with E-state index in [1.165, 1.54) is 6.20 Å². The molecule has 2 amide bonds. The summed E-state index contributed by atoms with van der Waals surface area (Å²) in [5.74, 6) is -0.343. The van der Waals surface area contributed by atoms with Crippen molar-refractivity contribution in [2.24, 2.45) is 0 Å². The van der Waals surface area contributed by atoms with Gasteiger partial charge < -0.3 is 0 Å². The molecule has 0 atom stereocenters. The van der Waals surface area contributed by atoms with Gasteiger partial charge in [-0.2, -0.15) is 5.10 Å². The Morgan fingerprint density at radius 2 is 1.70 bits per heavy atom. The first-order valence-electron chi connectivity index (χ1n) is 9.50. The third-order valence-corrected chi connectivity index (χ3v) is 4.58. The van der Waals surface area contributed by atoms with Crippen molar-refractivity contribution in [2.75, 3.05) is 0 Å². The Bertz CT molecular complexity index is 1220. The van der Waals surface area contributed by atoms with Gasteiger partial charge in [0.1, 0.15) is 5.69 Å². The summed E-state index contributed by atoms with van der Waals surface area (Å²) >= 11 is 0. The summed E-state index contributed by atoms with van der Waals surface area (Å²) in [6, 6.07) is 16.4. The Morgan fingerprint density at radius 3 is 2.47 bits per heavy atom. The molecule has 0 saturated heterocycles. The summed E-state index contributed by atoms with van der Waals surface area (Å²) in [6.07, 6.45) is 3.14. The van der Waals surface area contributed by atoms with E-state index in [1.807, 2.05) is 62.4 Å². The van der Waals surface area contributed by atoms with Crippen LogP contribution in [0, 0.1) is 0 Å². The highest BCUT2D eigenvalue weighted by atomic mass is 16.2. The van der Waals surface area contributed by atoms with Crippen LogP contribution in [-0.2, 0) is 0 Å². The molecule has 0 fully saturated rings. The predicted octanol–water partition coefficient (Wildman–Crippen LogP) is 3.01. The number of benzene rings is 1. The summed E-state index contributed by atoms with van der Waals surface area (Å²) in [4.78, 5) is 33.8. The molecule has 3 heterocycles. The van der Waals surface area contributed by atoms with Gasteiger partial charge in [0, 0.05) is 11.6 Å². The van der Waals surface area contributed by atoms with E-state index in [0.29, 0.717) is 22.6 Å². The maximum absolute atomic E-state index is 12.7. The number of nitrogens with one attached hydrogen (secondary N) is 2. The molecular formula is C22H20N6O2. The molecule has 1 aromatic carbocycles. The normalized spacial score (nSPS) is 10.9. The minimum Gasteiger partial charge on any atom is -0.267 e. The molecule has 0 bridgehead atoms. The average Bonchev–Trinajstić information content (AvgIpc) is 3.23. The van der Waals surface area contributed by atoms with E-state index in [-0.39, 0.29) is 11.6 Å². The number of hydrogen-bond acceptors (Lipinski definition) is 5. The van der Waals surface area contributed by atoms with E-state index in [4.69, 9.17) is 0 Å². The average molecular weight is 400 g/mol. The fourth-order valence-corrected chi connectivity index (χ4v) is 3.19. The van der Waals surface area contributed by atoms with E-state index in [0.717, 1.165) is 5.39 Å². The van der Waals surface area contributed by atoms with Crippen LogP contribution in [-0.4, -0.2) is 31.6 Å². The smallest absolute Gasteiger partial charge is 0.267 e. The molecule has 0 unspecified atom stereocenters. The number of nitrogens with zero attached hydrogens (tertiary/aromatic N) is 4. The van der Waals surface area contributed by atoms with Crippen LogP contribution in [0.2, 0.25) is 0 Å². The third-order valence-electron chi connectivity index (χ3n) is 4.58. The lowest BCUT2D eigenvalue weighted by Crippen LogP contribution is -2.42. The highest BCUT2D eigenvalue weighted by Gasteiger charge is 2.22. The number of pyridine rings is 2. The van der Waals surface area contributed by atoms with Gasteiger partial charge in [0.25, 0.3) is 11.8 Å². The van der Waals surface area contributed by atoms with Gasteiger partial charge >= 0.3 is 0 Å². The molecular weight excluding hydrogens is 380 g/mol. The van der Waals surface area contributed by atoms with E-state index in [2.05, 4.69) is 25.9 Å². The zero-order valence-electron chi connectivity index (χ0n) is 16.5. The van der Waals surface area contributed by atoms with Gasteiger partial charge in [-0.3, -0.25) is 20.4 Å². The van der Waals surface area contributed by atoms with E-state index in [9.17, 15) is 9.59 Å². The van der Waals surface area contributed by atoms with Crippen LogP contribution >= 0.6 is 0 Å². The van der Waals surface area contributed by atoms with Crippen molar-refractivity contribution in [3.63, 3.8) is 0 Å². The molecule has 0 spiro atoms. The fraction of sp³-hybridized carbons (Fsp3) is 0.136. The third kappa shape index (κ3) is 3.75. The fourth-order valence-electron chi connectivity index (χ4n) is 3.19. The van der Waals surface area contributed by atoms with Gasteiger partial charge in [-0.25, -0.2) is 14.6 Å². The van der Waals surface area contributed by atoms with Gasteiger partial charge in [-0.1, -0.05) is 44.2 Å². The molecule has 4 rings (SSSR count). The molecule has 30 heavy (non-hydrogen) atoms. The number of hydrogen-bond donors (Lipinski definition) is 2. The van der Waals surface area contributed by atoms with Crippen molar-refractivity contribution in [3.8, 4) is 5.82 Å². The molecule has 0 saturated carbocycles. The monoisotopic (exact) mass is 400 g/mol. The van der Waals surface area contributed by atoms with Crippen LogP contribution in [0.1, 0.15) is 46.3 Å². The largest absolute Gasteiger partial charge is 0.288 e. The summed E-state index contributed by atoms with van der Waals surface area (Å²) in [7, 11) is 0. The molecule has 4 aromatic rings. The maximum atomic E-state index is 12.7. The molecule has 0 aliphatic carbocycles. The van der Waals surface area contributed by atoms with Gasteiger partial charge in [0.2, 0.25) is 0 Å². The van der Waals surface area contributed by atoms with Crippen LogP contribution in [0.5, 0.6) is 0 Å². The topological polar surface area (TPSA) is 102 Å². The van der Waals surface area contributed by atoms with Gasteiger partial charge in [0.15, 0.2) is 5.82 Å². The second kappa shape index (κ2) is 8.12.